The number of hydrogen-bond acceptors (Lipinski definition) is 1. The van der Waals surface area contributed by atoms with Crippen molar-refractivity contribution in [1.82, 2.24) is 4.90 Å². The first-order chi connectivity index (χ1) is 6.16. The second-order valence-electron chi connectivity index (χ2n) is 4.76. The minimum atomic E-state index is 0.595. The Morgan fingerprint density at radius 3 is 1.92 bits per heavy atom. The van der Waals surface area contributed by atoms with Gasteiger partial charge in [0.15, 0.2) is 0 Å². The van der Waals surface area contributed by atoms with E-state index in [1.54, 1.807) is 0 Å². The summed E-state index contributed by atoms with van der Waals surface area (Å²) in [6.07, 6.45) is 6.91. The maximum atomic E-state index is 2.71. The molecule has 0 aliphatic carbocycles. The van der Waals surface area contributed by atoms with Gasteiger partial charge in [0.1, 0.15) is 0 Å². The smallest absolute Gasteiger partial charge is 0.0224 e. The molecule has 1 aliphatic rings. The summed E-state index contributed by atoms with van der Waals surface area (Å²) in [5.41, 5.74) is 0.595. The van der Waals surface area contributed by atoms with E-state index in [-0.39, 0.29) is 0 Å². The quantitative estimate of drug-likeness (QED) is 0.631. The van der Waals surface area contributed by atoms with Gasteiger partial charge in [0.05, 0.1) is 0 Å². The highest BCUT2D eigenvalue weighted by Crippen LogP contribution is 2.40. The van der Waals surface area contributed by atoms with Crippen LogP contribution in [-0.4, -0.2) is 23.0 Å². The third-order valence-corrected chi connectivity index (χ3v) is 3.48. The first kappa shape index (κ1) is 11.0. The van der Waals surface area contributed by atoms with E-state index in [4.69, 9.17) is 0 Å². The van der Waals surface area contributed by atoms with Gasteiger partial charge in [-0.1, -0.05) is 26.7 Å². The first-order valence-electron chi connectivity index (χ1n) is 5.93. The molecule has 0 bridgehead atoms. The maximum absolute atomic E-state index is 2.71. The van der Waals surface area contributed by atoms with E-state index < -0.39 is 0 Å². The molecule has 0 aromatic carbocycles. The van der Waals surface area contributed by atoms with Gasteiger partial charge in [0.25, 0.3) is 0 Å². The van der Waals surface area contributed by atoms with Crippen LogP contribution in [0.3, 0.4) is 0 Å². The van der Waals surface area contributed by atoms with Crippen molar-refractivity contribution >= 4 is 0 Å². The molecule has 13 heavy (non-hydrogen) atoms. The van der Waals surface area contributed by atoms with Crippen LogP contribution in [0.4, 0.5) is 0 Å². The van der Waals surface area contributed by atoms with Crippen LogP contribution >= 0.6 is 0 Å². The van der Waals surface area contributed by atoms with Crippen LogP contribution in [0.5, 0.6) is 0 Å². The standard InChI is InChI=1S/C12H25N/c1-5-7-12(8-6-2)9-10-13(12)11(3)4/h11H,5-10H2,1-4H3. The SMILES string of the molecule is CCCC1(CCC)CCN1C(C)C. The zero-order valence-electron chi connectivity index (χ0n) is 9.77. The summed E-state index contributed by atoms with van der Waals surface area (Å²) >= 11 is 0. The molecular weight excluding hydrogens is 158 g/mol. The Hall–Kier alpha value is -0.0400. The zero-order valence-corrected chi connectivity index (χ0v) is 9.77. The fourth-order valence-electron chi connectivity index (χ4n) is 2.96. The molecular formula is C12H25N. The van der Waals surface area contributed by atoms with Gasteiger partial charge in [-0.15, -0.1) is 0 Å². The third-order valence-electron chi connectivity index (χ3n) is 3.48. The van der Waals surface area contributed by atoms with Crippen molar-refractivity contribution in [2.45, 2.75) is 71.4 Å². The molecule has 0 N–H and O–H groups in total. The molecule has 0 unspecified atom stereocenters. The molecule has 1 heterocycles. The number of hydrogen-bond donors (Lipinski definition) is 0. The number of rotatable bonds is 5. The van der Waals surface area contributed by atoms with Gasteiger partial charge in [-0.2, -0.15) is 0 Å². The Morgan fingerprint density at radius 1 is 1.15 bits per heavy atom. The van der Waals surface area contributed by atoms with E-state index in [9.17, 15) is 0 Å². The third kappa shape index (κ3) is 2.07. The van der Waals surface area contributed by atoms with E-state index in [1.807, 2.05) is 0 Å². The van der Waals surface area contributed by atoms with Crippen molar-refractivity contribution < 1.29 is 0 Å². The molecule has 0 spiro atoms. The summed E-state index contributed by atoms with van der Waals surface area (Å²) < 4.78 is 0. The summed E-state index contributed by atoms with van der Waals surface area (Å²) in [6, 6.07) is 0.742. The van der Waals surface area contributed by atoms with Crippen molar-refractivity contribution in [2.24, 2.45) is 0 Å². The maximum Gasteiger partial charge on any atom is 0.0224 e. The normalized spacial score (nSPS) is 21.9. The van der Waals surface area contributed by atoms with Crippen molar-refractivity contribution in [1.29, 1.82) is 0 Å². The fourth-order valence-corrected chi connectivity index (χ4v) is 2.96. The number of nitrogens with zero attached hydrogens (tertiary/aromatic N) is 1. The van der Waals surface area contributed by atoms with Crippen LogP contribution in [0.15, 0.2) is 0 Å². The Morgan fingerprint density at radius 2 is 1.69 bits per heavy atom. The lowest BCUT2D eigenvalue weighted by molar-refractivity contribution is -0.0528. The second kappa shape index (κ2) is 4.45. The average molecular weight is 183 g/mol. The topological polar surface area (TPSA) is 3.24 Å². The lowest BCUT2D eigenvalue weighted by Crippen LogP contribution is -2.62. The molecule has 0 aromatic heterocycles. The molecule has 0 saturated carbocycles. The van der Waals surface area contributed by atoms with Crippen LogP contribution in [0.25, 0.3) is 0 Å². The Balaban J connectivity index is 2.56. The summed E-state index contributed by atoms with van der Waals surface area (Å²) in [4.78, 5) is 2.71. The molecule has 0 atom stereocenters. The summed E-state index contributed by atoms with van der Waals surface area (Å²) in [6.45, 7) is 10.6. The van der Waals surface area contributed by atoms with Crippen molar-refractivity contribution in [3.05, 3.63) is 0 Å². The molecule has 0 amide bonds. The summed E-state index contributed by atoms with van der Waals surface area (Å²) in [7, 11) is 0. The van der Waals surface area contributed by atoms with Gasteiger partial charge in [-0.25, -0.2) is 0 Å². The lowest BCUT2D eigenvalue weighted by atomic mass is 9.76. The highest BCUT2D eigenvalue weighted by molar-refractivity contribution is 5.00. The van der Waals surface area contributed by atoms with Gasteiger partial charge >= 0.3 is 0 Å². The molecule has 1 saturated heterocycles. The van der Waals surface area contributed by atoms with E-state index in [0.29, 0.717) is 5.54 Å². The molecule has 1 aliphatic heterocycles. The molecule has 0 aromatic rings. The molecule has 78 valence electrons. The Labute approximate surface area is 83.5 Å². The molecule has 1 nitrogen and oxygen atoms in total. The highest BCUT2D eigenvalue weighted by atomic mass is 15.3. The average Bonchev–Trinajstić information content (AvgIpc) is 2.01. The Bertz CT molecular complexity index is 145. The van der Waals surface area contributed by atoms with E-state index >= 15 is 0 Å². The largest absolute Gasteiger partial charge is 0.295 e. The summed E-state index contributed by atoms with van der Waals surface area (Å²) in [5.74, 6) is 0. The molecule has 1 fully saturated rings. The number of likely N-dealkylation sites (tertiary alicyclic amines) is 1. The molecule has 1 rings (SSSR count). The van der Waals surface area contributed by atoms with Crippen LogP contribution in [0, 0.1) is 0 Å². The molecule has 1 heteroatoms. The second-order valence-corrected chi connectivity index (χ2v) is 4.76. The first-order valence-corrected chi connectivity index (χ1v) is 5.93. The van der Waals surface area contributed by atoms with Crippen LogP contribution < -0.4 is 0 Å². The lowest BCUT2D eigenvalue weighted by Gasteiger charge is -2.56. The van der Waals surface area contributed by atoms with Gasteiger partial charge in [0, 0.05) is 18.1 Å². The molecule has 0 radical (unpaired) electrons. The predicted octanol–water partition coefficient (Wildman–Crippen LogP) is 3.44. The van der Waals surface area contributed by atoms with Gasteiger partial charge in [-0.3, -0.25) is 4.90 Å². The van der Waals surface area contributed by atoms with E-state index in [2.05, 4.69) is 32.6 Å². The predicted molar refractivity (Wildman–Crippen MR) is 59.0 cm³/mol. The van der Waals surface area contributed by atoms with Crippen LogP contribution in [0.2, 0.25) is 0 Å². The minimum absolute atomic E-state index is 0.595. The van der Waals surface area contributed by atoms with E-state index in [0.717, 1.165) is 6.04 Å². The van der Waals surface area contributed by atoms with E-state index in [1.165, 1.54) is 38.6 Å². The summed E-state index contributed by atoms with van der Waals surface area (Å²) in [5, 5.41) is 0. The Kier molecular flexibility index (Phi) is 3.78. The van der Waals surface area contributed by atoms with Crippen molar-refractivity contribution in [3.8, 4) is 0 Å². The van der Waals surface area contributed by atoms with Gasteiger partial charge < -0.3 is 0 Å². The van der Waals surface area contributed by atoms with Gasteiger partial charge in [0.2, 0.25) is 0 Å². The van der Waals surface area contributed by atoms with Crippen molar-refractivity contribution in [3.63, 3.8) is 0 Å². The van der Waals surface area contributed by atoms with Crippen LogP contribution in [-0.2, 0) is 0 Å². The van der Waals surface area contributed by atoms with Crippen LogP contribution in [0.1, 0.15) is 59.8 Å². The fraction of sp³-hybridized carbons (Fsp3) is 1.00. The zero-order chi connectivity index (χ0) is 9.90. The van der Waals surface area contributed by atoms with Crippen molar-refractivity contribution in [2.75, 3.05) is 6.54 Å². The monoisotopic (exact) mass is 183 g/mol. The minimum Gasteiger partial charge on any atom is -0.295 e. The van der Waals surface area contributed by atoms with Gasteiger partial charge in [-0.05, 0) is 33.1 Å². The highest BCUT2D eigenvalue weighted by Gasteiger charge is 2.43.